The molecular formula is C10H11F3N4O2. The highest BCUT2D eigenvalue weighted by Gasteiger charge is 2.37. The van der Waals surface area contributed by atoms with Crippen LogP contribution in [0.4, 0.5) is 13.2 Å². The Morgan fingerprint density at radius 2 is 2.11 bits per heavy atom. The van der Waals surface area contributed by atoms with Gasteiger partial charge in [0.05, 0.1) is 17.4 Å². The third-order valence-corrected chi connectivity index (χ3v) is 2.38. The summed E-state index contributed by atoms with van der Waals surface area (Å²) in [4.78, 5) is 5.89. The van der Waals surface area contributed by atoms with Gasteiger partial charge in [0.25, 0.3) is 0 Å². The lowest BCUT2D eigenvalue weighted by atomic mass is 10.0. The van der Waals surface area contributed by atoms with Crippen LogP contribution < -0.4 is 0 Å². The summed E-state index contributed by atoms with van der Waals surface area (Å²) in [7, 11) is 0. The molecule has 0 spiro atoms. The maximum Gasteiger partial charge on any atom is 0.418 e. The molecule has 0 amide bonds. The minimum atomic E-state index is -4.67. The van der Waals surface area contributed by atoms with Crippen LogP contribution in [0.3, 0.4) is 0 Å². The second-order valence-electron chi connectivity index (χ2n) is 3.69. The Morgan fingerprint density at radius 3 is 2.68 bits per heavy atom. The lowest BCUT2D eigenvalue weighted by Gasteiger charge is -2.20. The number of alkyl halides is 3. The van der Waals surface area contributed by atoms with Crippen LogP contribution in [0, 0.1) is 0 Å². The van der Waals surface area contributed by atoms with E-state index in [1.807, 2.05) is 0 Å². The molecule has 1 aromatic rings. The summed E-state index contributed by atoms with van der Waals surface area (Å²) in [5, 5.41) is 22.4. The van der Waals surface area contributed by atoms with Crippen molar-refractivity contribution >= 4 is 0 Å². The van der Waals surface area contributed by atoms with Crippen LogP contribution in [0.1, 0.15) is 23.8 Å². The van der Waals surface area contributed by atoms with Crippen molar-refractivity contribution in [3.8, 4) is 0 Å². The van der Waals surface area contributed by atoms with Crippen LogP contribution >= 0.6 is 0 Å². The van der Waals surface area contributed by atoms with Gasteiger partial charge in [0.1, 0.15) is 6.10 Å². The predicted octanol–water partition coefficient (Wildman–Crippen LogP) is 2.20. The molecule has 9 heteroatoms. The number of aromatic nitrogens is 1. The lowest BCUT2D eigenvalue weighted by molar-refractivity contribution is -0.140. The average Bonchev–Trinajstić information content (AvgIpc) is 2.37. The molecule has 104 valence electrons. The fourth-order valence-electron chi connectivity index (χ4n) is 1.47. The molecule has 0 aliphatic carbocycles. The van der Waals surface area contributed by atoms with Crippen molar-refractivity contribution in [1.29, 1.82) is 0 Å². The topological polar surface area (TPSA) is 102 Å². The average molecular weight is 276 g/mol. The van der Waals surface area contributed by atoms with Crippen molar-refractivity contribution in [1.82, 2.24) is 4.98 Å². The monoisotopic (exact) mass is 276 g/mol. The van der Waals surface area contributed by atoms with Crippen LogP contribution in [0.2, 0.25) is 0 Å². The number of azide groups is 1. The largest absolute Gasteiger partial charge is 0.418 e. The Bertz CT molecular complexity index is 474. The summed E-state index contributed by atoms with van der Waals surface area (Å²) in [5.41, 5.74) is 6.28. The SMILES string of the molecule is [N-]=[N+]=NCCC(O)C(O)c1ncccc1C(F)(F)F. The number of aliphatic hydroxyl groups is 2. The van der Waals surface area contributed by atoms with Gasteiger partial charge in [-0.15, -0.1) is 0 Å². The zero-order chi connectivity index (χ0) is 14.5. The number of nitrogens with zero attached hydrogens (tertiary/aromatic N) is 4. The molecule has 0 radical (unpaired) electrons. The van der Waals surface area contributed by atoms with Crippen molar-refractivity contribution in [2.24, 2.45) is 5.11 Å². The molecule has 0 saturated heterocycles. The molecule has 19 heavy (non-hydrogen) atoms. The highest BCUT2D eigenvalue weighted by Crippen LogP contribution is 2.34. The highest BCUT2D eigenvalue weighted by molar-refractivity contribution is 5.25. The first-order chi connectivity index (χ1) is 8.88. The zero-order valence-electron chi connectivity index (χ0n) is 9.62. The van der Waals surface area contributed by atoms with E-state index in [4.69, 9.17) is 5.53 Å². The van der Waals surface area contributed by atoms with E-state index in [0.717, 1.165) is 18.3 Å². The summed E-state index contributed by atoms with van der Waals surface area (Å²) in [6, 6.07) is 1.86. The Hall–Kier alpha value is -1.83. The van der Waals surface area contributed by atoms with Gasteiger partial charge in [-0.05, 0) is 24.1 Å². The standard InChI is InChI=1S/C10H11F3N4O2/c11-10(12,13)6-2-1-4-15-8(6)9(19)7(18)3-5-16-17-14/h1-2,4,7,9,18-19H,3,5H2. The third-order valence-electron chi connectivity index (χ3n) is 2.38. The smallest absolute Gasteiger partial charge is 0.390 e. The van der Waals surface area contributed by atoms with E-state index in [2.05, 4.69) is 15.0 Å². The van der Waals surface area contributed by atoms with Gasteiger partial charge in [-0.25, -0.2) is 0 Å². The zero-order valence-corrected chi connectivity index (χ0v) is 9.62. The van der Waals surface area contributed by atoms with Gasteiger partial charge in [0.2, 0.25) is 0 Å². The number of aliphatic hydroxyl groups excluding tert-OH is 2. The molecule has 2 N–H and O–H groups in total. The summed E-state index contributed by atoms with van der Waals surface area (Å²) >= 11 is 0. The molecule has 1 rings (SSSR count). The molecule has 0 aliphatic heterocycles. The van der Waals surface area contributed by atoms with Gasteiger partial charge in [0, 0.05) is 17.7 Å². The quantitative estimate of drug-likeness (QED) is 0.489. The van der Waals surface area contributed by atoms with Crippen molar-refractivity contribution in [2.75, 3.05) is 6.54 Å². The van der Waals surface area contributed by atoms with Crippen LogP contribution in [0.25, 0.3) is 10.4 Å². The first-order valence-corrected chi connectivity index (χ1v) is 5.27. The third kappa shape index (κ3) is 4.09. The van der Waals surface area contributed by atoms with Gasteiger partial charge < -0.3 is 10.2 Å². The Balaban J connectivity index is 2.93. The molecule has 1 heterocycles. The maximum atomic E-state index is 12.7. The van der Waals surface area contributed by atoms with Crippen molar-refractivity contribution < 1.29 is 23.4 Å². The molecule has 0 fully saturated rings. The summed E-state index contributed by atoms with van der Waals surface area (Å²) in [6.07, 6.45) is -7.05. The lowest BCUT2D eigenvalue weighted by Crippen LogP contribution is -2.23. The Kier molecular flexibility index (Phi) is 5.11. The van der Waals surface area contributed by atoms with E-state index >= 15 is 0 Å². The fourth-order valence-corrected chi connectivity index (χ4v) is 1.47. The van der Waals surface area contributed by atoms with Crippen LogP contribution in [0.5, 0.6) is 0 Å². The Labute approximate surface area is 106 Å². The van der Waals surface area contributed by atoms with Gasteiger partial charge in [-0.1, -0.05) is 5.11 Å². The van der Waals surface area contributed by atoms with Gasteiger partial charge in [-0.2, -0.15) is 13.2 Å². The minimum absolute atomic E-state index is 0.136. The molecule has 0 saturated carbocycles. The molecule has 0 aromatic carbocycles. The van der Waals surface area contributed by atoms with Crippen molar-refractivity contribution in [2.45, 2.75) is 24.8 Å². The molecular weight excluding hydrogens is 265 g/mol. The number of hydrogen-bond donors (Lipinski definition) is 2. The van der Waals surface area contributed by atoms with E-state index in [0.29, 0.717) is 0 Å². The van der Waals surface area contributed by atoms with Crippen LogP contribution in [0.15, 0.2) is 23.4 Å². The number of pyridine rings is 1. The Morgan fingerprint density at radius 1 is 1.42 bits per heavy atom. The summed E-state index contributed by atoms with van der Waals surface area (Å²) in [5.74, 6) is 0. The maximum absolute atomic E-state index is 12.7. The normalized spacial score (nSPS) is 14.6. The molecule has 2 unspecified atom stereocenters. The molecule has 6 nitrogen and oxygen atoms in total. The molecule has 2 atom stereocenters. The van der Waals surface area contributed by atoms with Crippen molar-refractivity contribution in [3.63, 3.8) is 0 Å². The minimum Gasteiger partial charge on any atom is -0.390 e. The second-order valence-corrected chi connectivity index (χ2v) is 3.69. The summed E-state index contributed by atoms with van der Waals surface area (Å²) < 4.78 is 38.0. The van der Waals surface area contributed by atoms with Gasteiger partial charge >= 0.3 is 6.18 Å². The molecule has 0 bridgehead atoms. The van der Waals surface area contributed by atoms with Crippen LogP contribution in [-0.2, 0) is 6.18 Å². The number of rotatable bonds is 5. The second kappa shape index (κ2) is 6.37. The number of hydrogen-bond acceptors (Lipinski definition) is 4. The number of halogens is 3. The predicted molar refractivity (Wildman–Crippen MR) is 58.8 cm³/mol. The first kappa shape index (κ1) is 15.2. The molecule has 1 aromatic heterocycles. The van der Waals surface area contributed by atoms with E-state index < -0.39 is 29.6 Å². The molecule has 0 aliphatic rings. The van der Waals surface area contributed by atoms with E-state index in [1.165, 1.54) is 0 Å². The fraction of sp³-hybridized carbons (Fsp3) is 0.500. The van der Waals surface area contributed by atoms with Crippen LogP contribution in [-0.4, -0.2) is 27.8 Å². The highest BCUT2D eigenvalue weighted by atomic mass is 19.4. The van der Waals surface area contributed by atoms with E-state index in [-0.39, 0.29) is 13.0 Å². The first-order valence-electron chi connectivity index (χ1n) is 5.27. The van der Waals surface area contributed by atoms with Gasteiger partial charge in [0.15, 0.2) is 0 Å². The van der Waals surface area contributed by atoms with E-state index in [1.54, 1.807) is 0 Å². The van der Waals surface area contributed by atoms with Gasteiger partial charge in [-0.3, -0.25) is 4.98 Å². The van der Waals surface area contributed by atoms with E-state index in [9.17, 15) is 23.4 Å². The summed E-state index contributed by atoms with van der Waals surface area (Å²) in [6.45, 7) is -0.136. The van der Waals surface area contributed by atoms with Crippen molar-refractivity contribution in [3.05, 3.63) is 40.0 Å².